The first kappa shape index (κ1) is 13.4. The maximum absolute atomic E-state index is 11.8. The van der Waals surface area contributed by atoms with E-state index in [0.29, 0.717) is 14.9 Å². The Morgan fingerprint density at radius 3 is 3.00 bits per heavy atom. The third-order valence-electron chi connectivity index (χ3n) is 3.38. The predicted molar refractivity (Wildman–Crippen MR) is 89.3 cm³/mol. The fraction of sp³-hybridized carbons (Fsp3) is 0.0714. The summed E-state index contributed by atoms with van der Waals surface area (Å²) in [6.07, 6.45) is 1.77. The second kappa shape index (κ2) is 4.85. The highest BCUT2D eigenvalue weighted by molar-refractivity contribution is 8.26. The number of hydrogen-bond acceptors (Lipinski definition) is 6. The molecule has 8 heteroatoms. The van der Waals surface area contributed by atoms with Crippen molar-refractivity contribution in [2.75, 3.05) is 0 Å². The molecule has 1 saturated heterocycles. The van der Waals surface area contributed by atoms with Crippen molar-refractivity contribution in [1.29, 1.82) is 0 Å². The summed E-state index contributed by atoms with van der Waals surface area (Å²) in [6, 6.07) is 8.05. The molecule has 1 N–H and O–H groups in total. The zero-order valence-corrected chi connectivity index (χ0v) is 13.0. The summed E-state index contributed by atoms with van der Waals surface area (Å²) >= 11 is 6.25. The average Bonchev–Trinajstić information content (AvgIpc) is 3.07. The molecule has 3 heterocycles. The molecule has 0 saturated carbocycles. The lowest BCUT2D eigenvalue weighted by Crippen LogP contribution is -2.17. The van der Waals surface area contributed by atoms with Crippen molar-refractivity contribution in [3.05, 3.63) is 40.3 Å². The number of pyridine rings is 1. The van der Waals surface area contributed by atoms with Gasteiger partial charge in [0.1, 0.15) is 4.32 Å². The standard InChI is InChI=1S/C14H9N5OS2/c1-7-2-3-8-5-9(6-11-13(20)15-14(21)22-11)12-16-17-18-19(12)10(8)4-7/h2-6H,1H3,(H,15,20,21)/b11-6-. The number of rotatable bonds is 1. The van der Waals surface area contributed by atoms with Crippen LogP contribution in [0.25, 0.3) is 22.6 Å². The summed E-state index contributed by atoms with van der Waals surface area (Å²) < 4.78 is 2.15. The van der Waals surface area contributed by atoms with E-state index in [1.807, 2.05) is 31.2 Å². The fourth-order valence-corrected chi connectivity index (χ4v) is 3.42. The molecule has 0 aliphatic carbocycles. The number of nitrogens with zero attached hydrogens (tertiary/aromatic N) is 4. The predicted octanol–water partition coefficient (Wildman–Crippen LogP) is 2.07. The Balaban J connectivity index is 1.99. The summed E-state index contributed by atoms with van der Waals surface area (Å²) in [4.78, 5) is 12.4. The van der Waals surface area contributed by atoms with Crippen molar-refractivity contribution < 1.29 is 4.79 Å². The maximum atomic E-state index is 11.8. The highest BCUT2D eigenvalue weighted by Gasteiger charge is 2.22. The highest BCUT2D eigenvalue weighted by atomic mass is 32.2. The summed E-state index contributed by atoms with van der Waals surface area (Å²) in [5.41, 5.74) is 3.45. The number of benzene rings is 1. The normalized spacial score (nSPS) is 16.9. The Labute approximate surface area is 134 Å². The van der Waals surface area contributed by atoms with Crippen LogP contribution < -0.4 is 5.32 Å². The van der Waals surface area contributed by atoms with Crippen LogP contribution in [0.3, 0.4) is 0 Å². The Morgan fingerprint density at radius 2 is 2.23 bits per heavy atom. The van der Waals surface area contributed by atoms with Gasteiger partial charge in [0, 0.05) is 10.9 Å². The molecule has 0 unspecified atom stereocenters. The van der Waals surface area contributed by atoms with Crippen LogP contribution in [-0.2, 0) is 4.79 Å². The van der Waals surface area contributed by atoms with Crippen molar-refractivity contribution in [3.63, 3.8) is 0 Å². The van der Waals surface area contributed by atoms with E-state index in [2.05, 4.69) is 20.8 Å². The van der Waals surface area contributed by atoms with Gasteiger partial charge in [-0.2, -0.15) is 4.52 Å². The molecule has 6 nitrogen and oxygen atoms in total. The van der Waals surface area contributed by atoms with E-state index in [9.17, 15) is 4.79 Å². The zero-order valence-electron chi connectivity index (χ0n) is 11.4. The number of aromatic nitrogens is 4. The molecular formula is C14H9N5OS2. The van der Waals surface area contributed by atoms with Crippen molar-refractivity contribution in [1.82, 2.24) is 25.4 Å². The SMILES string of the molecule is Cc1ccc2cc(/C=C3\SC(=S)NC3=O)c3nnnn3c2c1. The van der Waals surface area contributed by atoms with Gasteiger partial charge < -0.3 is 5.32 Å². The summed E-state index contributed by atoms with van der Waals surface area (Å²) in [5.74, 6) is -0.190. The lowest BCUT2D eigenvalue weighted by molar-refractivity contribution is -0.115. The van der Waals surface area contributed by atoms with E-state index >= 15 is 0 Å². The number of amides is 1. The van der Waals surface area contributed by atoms with Gasteiger partial charge in [-0.3, -0.25) is 4.79 Å². The highest BCUT2D eigenvalue weighted by Crippen LogP contribution is 2.28. The van der Waals surface area contributed by atoms with Gasteiger partial charge in [0.2, 0.25) is 0 Å². The minimum absolute atomic E-state index is 0.190. The minimum Gasteiger partial charge on any atom is -0.307 e. The van der Waals surface area contributed by atoms with Crippen LogP contribution in [-0.4, -0.2) is 30.3 Å². The number of fused-ring (bicyclic) bond motifs is 3. The van der Waals surface area contributed by atoms with Gasteiger partial charge in [-0.25, -0.2) is 0 Å². The van der Waals surface area contributed by atoms with Crippen LogP contribution in [0.1, 0.15) is 11.1 Å². The van der Waals surface area contributed by atoms with Crippen LogP contribution in [0, 0.1) is 6.92 Å². The second-order valence-electron chi connectivity index (χ2n) is 4.93. The zero-order chi connectivity index (χ0) is 15.3. The molecule has 0 bridgehead atoms. The Hall–Kier alpha value is -2.32. The number of carbonyl (C=O) groups excluding carboxylic acids is 1. The van der Waals surface area contributed by atoms with Crippen LogP contribution in [0.5, 0.6) is 0 Å². The first-order chi connectivity index (χ1) is 10.6. The van der Waals surface area contributed by atoms with E-state index in [1.165, 1.54) is 11.8 Å². The quantitative estimate of drug-likeness (QED) is 0.545. The average molecular weight is 327 g/mol. The van der Waals surface area contributed by atoms with Gasteiger partial charge in [0.15, 0.2) is 5.65 Å². The largest absolute Gasteiger partial charge is 0.307 e. The summed E-state index contributed by atoms with van der Waals surface area (Å²) in [6.45, 7) is 2.02. The van der Waals surface area contributed by atoms with Gasteiger partial charge in [-0.1, -0.05) is 36.1 Å². The van der Waals surface area contributed by atoms with Crippen molar-refractivity contribution in [3.8, 4) is 0 Å². The van der Waals surface area contributed by atoms with Crippen LogP contribution in [0.15, 0.2) is 29.2 Å². The monoisotopic (exact) mass is 327 g/mol. The van der Waals surface area contributed by atoms with Gasteiger partial charge in [-0.05, 0) is 41.1 Å². The third kappa shape index (κ3) is 2.08. The number of aryl methyl sites for hydroxylation is 1. The first-order valence-electron chi connectivity index (χ1n) is 6.48. The van der Waals surface area contributed by atoms with Crippen molar-refractivity contribution in [2.24, 2.45) is 0 Å². The molecule has 0 atom stereocenters. The molecule has 0 radical (unpaired) electrons. The molecule has 1 aliphatic rings. The van der Waals surface area contributed by atoms with Crippen molar-refractivity contribution in [2.45, 2.75) is 6.92 Å². The Morgan fingerprint density at radius 1 is 1.36 bits per heavy atom. The summed E-state index contributed by atoms with van der Waals surface area (Å²) in [7, 11) is 0. The summed E-state index contributed by atoms with van der Waals surface area (Å²) in [5, 5.41) is 15.5. The van der Waals surface area contributed by atoms with Crippen LogP contribution in [0.4, 0.5) is 0 Å². The molecule has 3 aromatic rings. The molecule has 1 aromatic carbocycles. The lowest BCUT2D eigenvalue weighted by Gasteiger charge is -2.04. The van der Waals surface area contributed by atoms with E-state index < -0.39 is 0 Å². The Bertz CT molecular complexity index is 991. The van der Waals surface area contributed by atoms with Gasteiger partial charge in [0.05, 0.1) is 10.4 Å². The minimum atomic E-state index is -0.190. The van der Waals surface area contributed by atoms with E-state index in [4.69, 9.17) is 12.2 Å². The van der Waals surface area contributed by atoms with Crippen LogP contribution in [0.2, 0.25) is 0 Å². The van der Waals surface area contributed by atoms with Crippen molar-refractivity contribution >= 4 is 56.8 Å². The van der Waals surface area contributed by atoms with Gasteiger partial charge in [0.25, 0.3) is 5.91 Å². The number of nitrogens with one attached hydrogen (secondary N) is 1. The number of carbonyl (C=O) groups is 1. The molecule has 0 spiro atoms. The topological polar surface area (TPSA) is 72.2 Å². The number of hydrogen-bond donors (Lipinski definition) is 1. The maximum Gasteiger partial charge on any atom is 0.263 e. The number of tetrazole rings is 1. The number of thioether (sulfide) groups is 1. The second-order valence-corrected chi connectivity index (χ2v) is 6.65. The smallest absolute Gasteiger partial charge is 0.263 e. The molecule has 108 valence electrons. The Kier molecular flexibility index (Phi) is 2.95. The molecule has 1 aliphatic heterocycles. The fourth-order valence-electron chi connectivity index (χ4n) is 2.39. The first-order valence-corrected chi connectivity index (χ1v) is 7.70. The molecule has 22 heavy (non-hydrogen) atoms. The third-order valence-corrected chi connectivity index (χ3v) is 4.54. The van der Waals surface area contributed by atoms with Gasteiger partial charge in [-0.15, -0.1) is 5.10 Å². The molecule has 4 rings (SSSR count). The number of thiocarbonyl (C=S) groups is 1. The van der Waals surface area contributed by atoms with Crippen LogP contribution >= 0.6 is 24.0 Å². The van der Waals surface area contributed by atoms with E-state index in [1.54, 1.807) is 10.6 Å². The molecule has 2 aromatic heterocycles. The lowest BCUT2D eigenvalue weighted by atomic mass is 10.1. The molecule has 1 fully saturated rings. The van der Waals surface area contributed by atoms with Gasteiger partial charge >= 0.3 is 0 Å². The van der Waals surface area contributed by atoms with E-state index in [-0.39, 0.29) is 5.91 Å². The molecule has 1 amide bonds. The molecular weight excluding hydrogens is 318 g/mol. The van der Waals surface area contributed by atoms with E-state index in [0.717, 1.165) is 22.0 Å².